The van der Waals surface area contributed by atoms with Gasteiger partial charge in [0.1, 0.15) is 18.3 Å². The Bertz CT molecular complexity index is 391. The van der Waals surface area contributed by atoms with Gasteiger partial charge in [-0.05, 0) is 27.7 Å². The van der Waals surface area contributed by atoms with Crippen molar-refractivity contribution in [3.05, 3.63) is 0 Å². The molecule has 1 unspecified atom stereocenters. The number of ether oxygens (including phenoxy) is 5. The van der Waals surface area contributed by atoms with Crippen LogP contribution in [0.4, 0.5) is 0 Å². The van der Waals surface area contributed by atoms with Crippen LogP contribution in [-0.2, 0) is 28.5 Å². The third kappa shape index (κ3) is 2.50. The highest BCUT2D eigenvalue weighted by Gasteiger charge is 2.55. The van der Waals surface area contributed by atoms with Crippen LogP contribution in [0.3, 0.4) is 0 Å². The minimum atomic E-state index is -0.698. The normalized spacial score (nSPS) is 43.9. The van der Waals surface area contributed by atoms with Crippen molar-refractivity contribution in [1.29, 1.82) is 0 Å². The third-order valence-electron chi connectivity index (χ3n) is 3.58. The van der Waals surface area contributed by atoms with E-state index in [9.17, 15) is 4.79 Å². The largest absolute Gasteiger partial charge is 0.457 e. The van der Waals surface area contributed by atoms with Gasteiger partial charge in [0.05, 0.1) is 13.0 Å². The van der Waals surface area contributed by atoms with E-state index in [1.165, 1.54) is 0 Å². The van der Waals surface area contributed by atoms with Crippen molar-refractivity contribution < 1.29 is 28.5 Å². The van der Waals surface area contributed by atoms with Crippen molar-refractivity contribution in [2.45, 2.75) is 70.1 Å². The van der Waals surface area contributed by atoms with Crippen molar-refractivity contribution >= 4 is 5.97 Å². The average Bonchev–Trinajstić information content (AvgIpc) is 2.75. The van der Waals surface area contributed by atoms with Crippen LogP contribution in [0.15, 0.2) is 0 Å². The molecule has 0 aromatic carbocycles. The first kappa shape index (κ1) is 13.3. The molecule has 0 saturated carbocycles. The van der Waals surface area contributed by atoms with E-state index in [0.29, 0.717) is 6.61 Å². The summed E-state index contributed by atoms with van der Waals surface area (Å²) in [5, 5.41) is 0. The molecule has 0 aromatic heterocycles. The lowest BCUT2D eigenvalue weighted by Gasteiger charge is -2.33. The summed E-state index contributed by atoms with van der Waals surface area (Å²) in [7, 11) is 0. The molecule has 3 rings (SSSR count). The third-order valence-corrected chi connectivity index (χ3v) is 3.58. The zero-order valence-electron chi connectivity index (χ0n) is 11.7. The molecule has 0 aromatic rings. The first-order valence-corrected chi connectivity index (χ1v) is 6.63. The standard InChI is InChI=1S/C13H20O6/c1-12(2)15-6-8(18-12)10-11-7(5-9(14)16-10)17-13(3,4)19-11/h7-8,10-11H,5-6H2,1-4H3/t7-,8-,10?,11-/m1/s1. The predicted molar refractivity (Wildman–Crippen MR) is 63.2 cm³/mol. The lowest BCUT2D eigenvalue weighted by atomic mass is 9.98. The second-order valence-electron chi connectivity index (χ2n) is 6.16. The maximum Gasteiger partial charge on any atom is 0.309 e. The second-order valence-corrected chi connectivity index (χ2v) is 6.16. The smallest absolute Gasteiger partial charge is 0.309 e. The summed E-state index contributed by atoms with van der Waals surface area (Å²) in [6.45, 7) is 7.74. The molecule has 3 saturated heterocycles. The van der Waals surface area contributed by atoms with E-state index in [1.54, 1.807) is 0 Å². The Kier molecular flexibility index (Phi) is 2.91. The molecule has 0 radical (unpaired) electrons. The van der Waals surface area contributed by atoms with Crippen LogP contribution in [0.2, 0.25) is 0 Å². The van der Waals surface area contributed by atoms with E-state index in [4.69, 9.17) is 23.7 Å². The Balaban J connectivity index is 1.78. The van der Waals surface area contributed by atoms with Crippen LogP contribution in [0.25, 0.3) is 0 Å². The number of cyclic esters (lactones) is 1. The van der Waals surface area contributed by atoms with Crippen molar-refractivity contribution in [2.75, 3.05) is 6.61 Å². The highest BCUT2D eigenvalue weighted by molar-refractivity contribution is 5.71. The van der Waals surface area contributed by atoms with Gasteiger partial charge in [-0.25, -0.2) is 0 Å². The van der Waals surface area contributed by atoms with E-state index in [0.717, 1.165) is 0 Å². The Hall–Kier alpha value is -0.690. The van der Waals surface area contributed by atoms with Crippen LogP contribution in [0.1, 0.15) is 34.1 Å². The van der Waals surface area contributed by atoms with Gasteiger partial charge >= 0.3 is 5.97 Å². The summed E-state index contributed by atoms with van der Waals surface area (Å²) in [6, 6.07) is 0. The lowest BCUT2D eigenvalue weighted by molar-refractivity contribution is -0.198. The fourth-order valence-corrected chi connectivity index (χ4v) is 2.90. The van der Waals surface area contributed by atoms with Crippen molar-refractivity contribution in [1.82, 2.24) is 0 Å². The van der Waals surface area contributed by atoms with Crippen LogP contribution in [0.5, 0.6) is 0 Å². The topological polar surface area (TPSA) is 63.2 Å². The van der Waals surface area contributed by atoms with Crippen molar-refractivity contribution in [3.63, 3.8) is 0 Å². The number of carbonyl (C=O) groups excluding carboxylic acids is 1. The van der Waals surface area contributed by atoms with Crippen molar-refractivity contribution in [2.24, 2.45) is 0 Å². The highest BCUT2D eigenvalue weighted by atomic mass is 16.8. The molecule has 0 aliphatic carbocycles. The first-order valence-electron chi connectivity index (χ1n) is 6.63. The van der Waals surface area contributed by atoms with E-state index >= 15 is 0 Å². The summed E-state index contributed by atoms with van der Waals surface area (Å²) in [6.07, 6.45) is -1.13. The lowest BCUT2D eigenvalue weighted by Crippen LogP contribution is -2.51. The van der Waals surface area contributed by atoms with E-state index < -0.39 is 17.7 Å². The molecule has 3 aliphatic heterocycles. The molecule has 0 bridgehead atoms. The fraction of sp³-hybridized carbons (Fsp3) is 0.923. The summed E-state index contributed by atoms with van der Waals surface area (Å²) in [5.41, 5.74) is 0. The number of rotatable bonds is 1. The zero-order chi connectivity index (χ0) is 13.8. The Morgan fingerprint density at radius 3 is 2.26 bits per heavy atom. The molecule has 3 aliphatic rings. The monoisotopic (exact) mass is 272 g/mol. The van der Waals surface area contributed by atoms with Crippen molar-refractivity contribution in [3.8, 4) is 0 Å². The molecule has 0 amide bonds. The van der Waals surface area contributed by atoms with Crippen LogP contribution in [0, 0.1) is 0 Å². The minimum Gasteiger partial charge on any atom is -0.457 e. The van der Waals surface area contributed by atoms with Gasteiger partial charge in [-0.3, -0.25) is 4.79 Å². The Labute approximate surface area is 112 Å². The van der Waals surface area contributed by atoms with E-state index in [2.05, 4.69) is 0 Å². The molecule has 19 heavy (non-hydrogen) atoms. The van der Waals surface area contributed by atoms with Crippen LogP contribution >= 0.6 is 0 Å². The molecule has 108 valence electrons. The average molecular weight is 272 g/mol. The van der Waals surface area contributed by atoms with E-state index in [-0.39, 0.29) is 30.7 Å². The number of esters is 1. The molecule has 6 heteroatoms. The molecule has 3 fully saturated rings. The maximum atomic E-state index is 11.7. The van der Waals surface area contributed by atoms with Gasteiger partial charge < -0.3 is 23.7 Å². The van der Waals surface area contributed by atoms with Gasteiger partial charge in [-0.2, -0.15) is 0 Å². The molecular formula is C13H20O6. The first-order chi connectivity index (χ1) is 8.76. The minimum absolute atomic E-state index is 0.224. The molecule has 4 atom stereocenters. The van der Waals surface area contributed by atoms with Gasteiger partial charge in [-0.1, -0.05) is 0 Å². The fourth-order valence-electron chi connectivity index (χ4n) is 2.90. The summed E-state index contributed by atoms with van der Waals surface area (Å²) in [5.74, 6) is -1.63. The van der Waals surface area contributed by atoms with E-state index in [1.807, 2.05) is 27.7 Å². The Morgan fingerprint density at radius 1 is 0.947 bits per heavy atom. The summed E-state index contributed by atoms with van der Waals surface area (Å²) >= 11 is 0. The van der Waals surface area contributed by atoms with Gasteiger partial charge in [0.25, 0.3) is 0 Å². The van der Waals surface area contributed by atoms with Gasteiger partial charge in [-0.15, -0.1) is 0 Å². The Morgan fingerprint density at radius 2 is 1.63 bits per heavy atom. The predicted octanol–water partition coefficient (Wildman–Crippen LogP) is 0.973. The number of fused-ring (bicyclic) bond motifs is 1. The molecule has 6 nitrogen and oxygen atoms in total. The molecule has 3 heterocycles. The maximum absolute atomic E-state index is 11.7. The quantitative estimate of drug-likeness (QED) is 0.663. The number of hydrogen-bond acceptors (Lipinski definition) is 6. The van der Waals surface area contributed by atoms with Crippen LogP contribution in [-0.4, -0.2) is 48.6 Å². The van der Waals surface area contributed by atoms with Gasteiger partial charge in [0, 0.05) is 0 Å². The van der Waals surface area contributed by atoms with Gasteiger partial charge in [0.2, 0.25) is 0 Å². The van der Waals surface area contributed by atoms with Gasteiger partial charge in [0.15, 0.2) is 17.7 Å². The summed E-state index contributed by atoms with van der Waals surface area (Å²) < 4.78 is 28.3. The zero-order valence-corrected chi connectivity index (χ0v) is 11.7. The molecule has 0 spiro atoms. The van der Waals surface area contributed by atoms with Crippen LogP contribution < -0.4 is 0 Å². The SMILES string of the molecule is CC1(C)OC[C@H](C2OC(=O)C[C@H]3OC(C)(C)O[C@@H]23)O1. The number of hydrogen-bond donors (Lipinski definition) is 0. The molecule has 0 N–H and O–H groups in total. The highest BCUT2D eigenvalue weighted by Crippen LogP contribution is 2.39. The second kappa shape index (κ2) is 4.15. The number of carbonyl (C=O) groups is 1. The molecular weight excluding hydrogens is 252 g/mol. The summed E-state index contributed by atoms with van der Waals surface area (Å²) in [4.78, 5) is 11.7.